The topological polar surface area (TPSA) is 96.1 Å². The van der Waals surface area contributed by atoms with Crippen LogP contribution in [0.1, 0.15) is 25.3 Å². The van der Waals surface area contributed by atoms with Crippen molar-refractivity contribution in [1.82, 2.24) is 20.0 Å². The van der Waals surface area contributed by atoms with E-state index in [4.69, 9.17) is 4.74 Å². The molecule has 0 spiro atoms. The third kappa shape index (κ3) is 4.83. The van der Waals surface area contributed by atoms with Gasteiger partial charge < -0.3 is 15.0 Å². The first-order chi connectivity index (χ1) is 14.3. The van der Waals surface area contributed by atoms with Gasteiger partial charge in [-0.1, -0.05) is 25.1 Å². The van der Waals surface area contributed by atoms with E-state index in [2.05, 4.69) is 26.9 Å². The number of ether oxygens (including phenoxy) is 1. The van der Waals surface area contributed by atoms with E-state index in [-0.39, 0.29) is 12.0 Å². The van der Waals surface area contributed by atoms with Gasteiger partial charge in [-0.3, -0.25) is 0 Å². The highest BCUT2D eigenvalue weighted by Gasteiger charge is 2.28. The van der Waals surface area contributed by atoms with E-state index < -0.39 is 10.0 Å². The van der Waals surface area contributed by atoms with Crippen LogP contribution in [0.5, 0.6) is 5.75 Å². The van der Waals surface area contributed by atoms with Crippen LogP contribution in [0.3, 0.4) is 0 Å². The Kier molecular flexibility index (Phi) is 5.81. The van der Waals surface area contributed by atoms with Crippen molar-refractivity contribution >= 4 is 21.1 Å². The molecule has 3 N–H and O–H groups in total. The summed E-state index contributed by atoms with van der Waals surface area (Å²) < 4.78 is 31.7. The normalized spacial score (nSPS) is 16.6. The van der Waals surface area contributed by atoms with Crippen molar-refractivity contribution in [2.24, 2.45) is 5.41 Å². The quantitative estimate of drug-likeness (QED) is 0.538. The van der Waals surface area contributed by atoms with E-state index >= 15 is 0 Å². The molecule has 1 aliphatic rings. The molecule has 7 nitrogen and oxygen atoms in total. The number of aromatic nitrogens is 2. The highest BCUT2D eigenvalue weighted by Crippen LogP contribution is 2.36. The van der Waals surface area contributed by atoms with Crippen LogP contribution in [0, 0.1) is 5.41 Å². The maximum atomic E-state index is 11.4. The molecule has 8 heteroatoms. The second-order valence-electron chi connectivity index (χ2n) is 8.38. The maximum Gasteiger partial charge on any atom is 0.209 e. The molecular weight excluding hydrogens is 400 g/mol. The van der Waals surface area contributed by atoms with Gasteiger partial charge in [-0.25, -0.2) is 18.1 Å². The van der Waals surface area contributed by atoms with Crippen molar-refractivity contribution in [1.29, 1.82) is 0 Å². The van der Waals surface area contributed by atoms with Crippen molar-refractivity contribution in [3.05, 3.63) is 48.3 Å². The molecular formula is C22H28N4O3S. The zero-order valence-electron chi connectivity index (χ0n) is 17.4. The van der Waals surface area contributed by atoms with Crippen molar-refractivity contribution in [3.8, 4) is 16.9 Å². The highest BCUT2D eigenvalue weighted by atomic mass is 32.2. The molecule has 1 fully saturated rings. The summed E-state index contributed by atoms with van der Waals surface area (Å²) in [6.07, 6.45) is 7.04. The Bertz CT molecular complexity index is 1130. The summed E-state index contributed by atoms with van der Waals surface area (Å²) in [5.74, 6) is 0.815. The van der Waals surface area contributed by atoms with Gasteiger partial charge in [0.15, 0.2) is 0 Å². The number of pyridine rings is 1. The van der Waals surface area contributed by atoms with Crippen LogP contribution in [0.25, 0.3) is 22.2 Å². The van der Waals surface area contributed by atoms with Gasteiger partial charge in [0.05, 0.1) is 18.2 Å². The number of piperidine rings is 1. The summed E-state index contributed by atoms with van der Waals surface area (Å²) in [7, 11) is -3.24. The second kappa shape index (κ2) is 8.37. The van der Waals surface area contributed by atoms with E-state index in [0.717, 1.165) is 65.7 Å². The third-order valence-electron chi connectivity index (χ3n) is 5.70. The molecule has 0 bridgehead atoms. The smallest absolute Gasteiger partial charge is 0.209 e. The van der Waals surface area contributed by atoms with Crippen molar-refractivity contribution in [3.63, 3.8) is 0 Å². The Hall–Kier alpha value is -2.42. The Morgan fingerprint density at radius 3 is 2.80 bits per heavy atom. The van der Waals surface area contributed by atoms with Crippen LogP contribution in [-0.2, 0) is 16.6 Å². The molecule has 30 heavy (non-hydrogen) atoms. The molecule has 0 aliphatic carbocycles. The summed E-state index contributed by atoms with van der Waals surface area (Å²) >= 11 is 0. The number of rotatable bonds is 7. The van der Waals surface area contributed by atoms with Gasteiger partial charge in [0, 0.05) is 29.9 Å². The monoisotopic (exact) mass is 428 g/mol. The SMILES string of the molecule is CC1(COc2ccnc3[nH]cc(-c4cccc(CNS(C)(=O)=O)c4)c23)CCNCC1. The van der Waals surface area contributed by atoms with E-state index in [9.17, 15) is 8.42 Å². The van der Waals surface area contributed by atoms with E-state index in [1.165, 1.54) is 0 Å². The molecule has 3 heterocycles. The number of fused-ring (bicyclic) bond motifs is 1. The Morgan fingerprint density at radius 2 is 2.03 bits per heavy atom. The molecule has 1 saturated heterocycles. The summed E-state index contributed by atoms with van der Waals surface area (Å²) in [5.41, 5.74) is 3.80. The van der Waals surface area contributed by atoms with Crippen molar-refractivity contribution in [2.75, 3.05) is 26.0 Å². The van der Waals surface area contributed by atoms with Gasteiger partial charge in [-0.05, 0) is 49.2 Å². The van der Waals surface area contributed by atoms with Crippen LogP contribution in [0.15, 0.2) is 42.7 Å². The predicted octanol–water partition coefficient (Wildman–Crippen LogP) is 3.05. The van der Waals surface area contributed by atoms with Crippen LogP contribution >= 0.6 is 0 Å². The number of hydrogen-bond acceptors (Lipinski definition) is 5. The van der Waals surface area contributed by atoms with Gasteiger partial charge in [0.2, 0.25) is 10.0 Å². The van der Waals surface area contributed by atoms with Gasteiger partial charge in [0.1, 0.15) is 11.4 Å². The lowest BCUT2D eigenvalue weighted by molar-refractivity contribution is 0.124. The van der Waals surface area contributed by atoms with Crippen LogP contribution in [0.2, 0.25) is 0 Å². The van der Waals surface area contributed by atoms with Gasteiger partial charge in [-0.15, -0.1) is 0 Å². The molecule has 0 saturated carbocycles. The van der Waals surface area contributed by atoms with Crippen LogP contribution in [-0.4, -0.2) is 44.3 Å². The summed E-state index contributed by atoms with van der Waals surface area (Å²) in [6.45, 7) is 5.24. The molecule has 0 radical (unpaired) electrons. The summed E-state index contributed by atoms with van der Waals surface area (Å²) in [6, 6.07) is 9.76. The lowest BCUT2D eigenvalue weighted by Gasteiger charge is -2.33. The lowest BCUT2D eigenvalue weighted by Crippen LogP contribution is -2.38. The zero-order chi connectivity index (χ0) is 21.2. The summed E-state index contributed by atoms with van der Waals surface area (Å²) in [5, 5.41) is 4.35. The fourth-order valence-corrected chi connectivity index (χ4v) is 4.29. The molecule has 0 amide bonds. The Balaban J connectivity index is 1.62. The first-order valence-corrected chi connectivity index (χ1v) is 12.1. The highest BCUT2D eigenvalue weighted by molar-refractivity contribution is 7.88. The number of sulfonamides is 1. The average molecular weight is 429 g/mol. The minimum Gasteiger partial charge on any atom is -0.492 e. The first kappa shape index (κ1) is 20.8. The zero-order valence-corrected chi connectivity index (χ0v) is 18.2. The van der Waals surface area contributed by atoms with Crippen LogP contribution < -0.4 is 14.8 Å². The Morgan fingerprint density at radius 1 is 1.23 bits per heavy atom. The van der Waals surface area contributed by atoms with Gasteiger partial charge in [-0.2, -0.15) is 0 Å². The molecule has 1 aliphatic heterocycles. The minimum atomic E-state index is -3.24. The van der Waals surface area contributed by atoms with Crippen molar-refractivity contribution in [2.45, 2.75) is 26.3 Å². The largest absolute Gasteiger partial charge is 0.492 e. The lowest BCUT2D eigenvalue weighted by atomic mass is 9.82. The van der Waals surface area contributed by atoms with Crippen molar-refractivity contribution < 1.29 is 13.2 Å². The number of benzene rings is 1. The number of nitrogens with zero attached hydrogens (tertiary/aromatic N) is 1. The standard InChI is InChI=1S/C22H28N4O3S/c1-22(7-10-23-11-8-22)15-29-19-6-9-24-21-20(19)18(14-25-21)17-5-3-4-16(12-17)13-26-30(2,27)28/h3-6,9,12,14,23,26H,7-8,10-11,13,15H2,1-2H3,(H,24,25). The van der Waals surface area contributed by atoms with E-state index in [1.807, 2.05) is 36.5 Å². The molecule has 2 aromatic heterocycles. The van der Waals surface area contributed by atoms with Crippen LogP contribution in [0.4, 0.5) is 0 Å². The molecule has 4 rings (SSSR count). The van der Waals surface area contributed by atoms with E-state index in [1.54, 1.807) is 6.20 Å². The fourth-order valence-electron chi connectivity index (χ4n) is 3.86. The summed E-state index contributed by atoms with van der Waals surface area (Å²) in [4.78, 5) is 7.69. The molecule has 1 aromatic carbocycles. The molecule has 160 valence electrons. The minimum absolute atomic E-state index is 0.161. The number of hydrogen-bond donors (Lipinski definition) is 3. The fraction of sp³-hybridized carbons (Fsp3) is 0.409. The molecule has 3 aromatic rings. The maximum absolute atomic E-state index is 11.4. The van der Waals surface area contributed by atoms with Gasteiger partial charge in [0.25, 0.3) is 0 Å². The van der Waals surface area contributed by atoms with E-state index in [0.29, 0.717) is 6.61 Å². The second-order valence-corrected chi connectivity index (χ2v) is 10.2. The third-order valence-corrected chi connectivity index (χ3v) is 6.37. The number of nitrogens with one attached hydrogen (secondary N) is 3. The first-order valence-electron chi connectivity index (χ1n) is 10.2. The Labute approximate surface area is 177 Å². The number of H-pyrrole nitrogens is 1. The predicted molar refractivity (Wildman–Crippen MR) is 119 cm³/mol. The van der Waals surface area contributed by atoms with Gasteiger partial charge >= 0.3 is 0 Å². The molecule has 0 atom stereocenters. The average Bonchev–Trinajstić information content (AvgIpc) is 3.16. The molecule has 0 unspecified atom stereocenters. The number of aromatic amines is 1.